The molecular weight excluding hydrogens is 306 g/mol. The Labute approximate surface area is 135 Å². The Morgan fingerprint density at radius 2 is 2.05 bits per heavy atom. The molecule has 0 saturated carbocycles. The number of halogens is 1. The minimum absolute atomic E-state index is 0. The molecule has 22 heavy (non-hydrogen) atoms. The summed E-state index contributed by atoms with van der Waals surface area (Å²) in [7, 11) is 0. The van der Waals surface area contributed by atoms with Gasteiger partial charge in [0.1, 0.15) is 0 Å². The average Bonchev–Trinajstić information content (AvgIpc) is 3.08. The Hall–Kier alpha value is -1.63. The van der Waals surface area contributed by atoms with Crippen molar-refractivity contribution in [2.75, 3.05) is 23.3 Å². The zero-order valence-electron chi connectivity index (χ0n) is 12.1. The number of aliphatic hydroxyl groups is 1. The van der Waals surface area contributed by atoms with Crippen LogP contribution in [0.1, 0.15) is 19.3 Å². The average molecular weight is 326 g/mol. The number of carbonyl (C=O) groups is 2. The van der Waals surface area contributed by atoms with E-state index in [1.165, 1.54) is 0 Å². The van der Waals surface area contributed by atoms with Crippen molar-refractivity contribution in [2.24, 2.45) is 0 Å². The number of benzene rings is 1. The molecule has 0 radical (unpaired) electrons. The normalized spacial score (nSPS) is 24.2. The molecule has 2 fully saturated rings. The van der Waals surface area contributed by atoms with Crippen molar-refractivity contribution in [3.8, 4) is 0 Å². The summed E-state index contributed by atoms with van der Waals surface area (Å²) in [5, 5.41) is 15.2. The molecule has 1 aromatic rings. The summed E-state index contributed by atoms with van der Waals surface area (Å²) in [6.07, 6.45) is 1.48. The van der Waals surface area contributed by atoms with Gasteiger partial charge in [0.15, 0.2) is 0 Å². The van der Waals surface area contributed by atoms with Crippen molar-refractivity contribution in [2.45, 2.75) is 31.4 Å². The zero-order valence-corrected chi connectivity index (χ0v) is 12.9. The van der Waals surface area contributed by atoms with Gasteiger partial charge < -0.3 is 20.6 Å². The first kappa shape index (κ1) is 16.7. The summed E-state index contributed by atoms with van der Waals surface area (Å²) in [4.78, 5) is 25.4. The van der Waals surface area contributed by atoms with Crippen LogP contribution in [0.5, 0.6) is 0 Å². The molecule has 2 heterocycles. The van der Waals surface area contributed by atoms with Gasteiger partial charge in [-0.25, -0.2) is 0 Å². The lowest BCUT2D eigenvalue weighted by molar-refractivity contribution is -0.118. The van der Waals surface area contributed by atoms with Crippen LogP contribution in [0, 0.1) is 0 Å². The second-order valence-electron chi connectivity index (χ2n) is 5.54. The maximum absolute atomic E-state index is 12.0. The predicted octanol–water partition coefficient (Wildman–Crippen LogP) is 0.896. The first-order valence-corrected chi connectivity index (χ1v) is 7.26. The summed E-state index contributed by atoms with van der Waals surface area (Å²) in [6.45, 7) is 1.21. The Morgan fingerprint density at radius 3 is 2.59 bits per heavy atom. The van der Waals surface area contributed by atoms with E-state index < -0.39 is 6.10 Å². The Bertz CT molecular complexity index is 549. The molecule has 2 atom stereocenters. The molecule has 120 valence electrons. The van der Waals surface area contributed by atoms with Gasteiger partial charge in [-0.05, 0) is 37.1 Å². The molecule has 7 heteroatoms. The van der Waals surface area contributed by atoms with Gasteiger partial charge >= 0.3 is 0 Å². The highest BCUT2D eigenvalue weighted by molar-refractivity contribution is 5.97. The van der Waals surface area contributed by atoms with Gasteiger partial charge in [0.2, 0.25) is 11.8 Å². The third kappa shape index (κ3) is 3.58. The van der Waals surface area contributed by atoms with Crippen LogP contribution in [0.2, 0.25) is 0 Å². The van der Waals surface area contributed by atoms with Crippen LogP contribution >= 0.6 is 12.4 Å². The van der Waals surface area contributed by atoms with Gasteiger partial charge in [-0.1, -0.05) is 0 Å². The van der Waals surface area contributed by atoms with E-state index in [2.05, 4.69) is 10.6 Å². The molecule has 0 aromatic heterocycles. The fourth-order valence-electron chi connectivity index (χ4n) is 2.79. The van der Waals surface area contributed by atoms with Gasteiger partial charge in [-0.3, -0.25) is 9.59 Å². The van der Waals surface area contributed by atoms with Crippen molar-refractivity contribution < 1.29 is 14.7 Å². The number of aliphatic hydroxyl groups excluding tert-OH is 1. The summed E-state index contributed by atoms with van der Waals surface area (Å²) in [6, 6.07) is 6.93. The van der Waals surface area contributed by atoms with Crippen LogP contribution in [0.15, 0.2) is 24.3 Å². The fraction of sp³-hybridized carbons (Fsp3) is 0.467. The van der Waals surface area contributed by atoms with Crippen molar-refractivity contribution in [1.29, 1.82) is 0 Å². The van der Waals surface area contributed by atoms with E-state index in [0.29, 0.717) is 25.1 Å². The first-order valence-electron chi connectivity index (χ1n) is 7.26. The number of amides is 2. The molecule has 1 aromatic carbocycles. The smallest absolute Gasteiger partial charge is 0.241 e. The van der Waals surface area contributed by atoms with Gasteiger partial charge in [-0.2, -0.15) is 0 Å². The lowest BCUT2D eigenvalue weighted by Crippen LogP contribution is -2.35. The SMILES string of the molecule is Cl.O=C(Nc1ccc(N2CCCC2=O)cc1)C1CC(O)CN1. The second-order valence-corrected chi connectivity index (χ2v) is 5.54. The quantitative estimate of drug-likeness (QED) is 0.771. The molecule has 0 bridgehead atoms. The summed E-state index contributed by atoms with van der Waals surface area (Å²) in [5.74, 6) is 0.00692. The lowest BCUT2D eigenvalue weighted by Gasteiger charge is -2.16. The number of rotatable bonds is 3. The van der Waals surface area contributed by atoms with Gasteiger partial charge in [0.25, 0.3) is 0 Å². The molecule has 3 N–H and O–H groups in total. The molecule has 2 amide bonds. The number of carbonyl (C=O) groups excluding carboxylic acids is 2. The van der Waals surface area contributed by atoms with Crippen molar-refractivity contribution >= 4 is 35.6 Å². The van der Waals surface area contributed by atoms with Gasteiger partial charge in [-0.15, -0.1) is 12.4 Å². The zero-order chi connectivity index (χ0) is 14.8. The number of hydrogen-bond donors (Lipinski definition) is 3. The molecule has 2 aliphatic rings. The van der Waals surface area contributed by atoms with E-state index in [0.717, 1.165) is 18.7 Å². The van der Waals surface area contributed by atoms with Crippen molar-refractivity contribution in [3.05, 3.63) is 24.3 Å². The molecule has 3 rings (SSSR count). The number of nitrogens with zero attached hydrogens (tertiary/aromatic N) is 1. The standard InChI is InChI=1S/C15H19N3O3.ClH/c19-12-8-13(16-9-12)15(21)17-10-3-5-11(6-4-10)18-7-1-2-14(18)20;/h3-6,12-13,16,19H,1-2,7-9H2,(H,17,21);1H. The Morgan fingerprint density at radius 1 is 1.32 bits per heavy atom. The monoisotopic (exact) mass is 325 g/mol. The molecule has 0 spiro atoms. The minimum Gasteiger partial charge on any atom is -0.392 e. The van der Waals surface area contributed by atoms with Crippen molar-refractivity contribution in [3.63, 3.8) is 0 Å². The molecule has 2 unspecified atom stereocenters. The largest absolute Gasteiger partial charge is 0.392 e. The molecule has 0 aliphatic carbocycles. The first-order chi connectivity index (χ1) is 10.1. The molecular formula is C15H20ClN3O3. The van der Waals surface area contributed by atoms with E-state index in [1.807, 2.05) is 12.1 Å². The van der Waals surface area contributed by atoms with E-state index in [-0.39, 0.29) is 30.3 Å². The third-order valence-corrected chi connectivity index (χ3v) is 3.94. The van der Waals surface area contributed by atoms with E-state index in [9.17, 15) is 14.7 Å². The predicted molar refractivity (Wildman–Crippen MR) is 86.3 cm³/mol. The van der Waals surface area contributed by atoms with Crippen LogP contribution < -0.4 is 15.5 Å². The molecule has 2 aliphatic heterocycles. The van der Waals surface area contributed by atoms with Crippen LogP contribution in [-0.4, -0.2) is 42.2 Å². The fourth-order valence-corrected chi connectivity index (χ4v) is 2.79. The number of nitrogens with one attached hydrogen (secondary N) is 2. The second kappa shape index (κ2) is 7.09. The van der Waals surface area contributed by atoms with Crippen molar-refractivity contribution in [1.82, 2.24) is 5.32 Å². The summed E-state index contributed by atoms with van der Waals surface area (Å²) < 4.78 is 0. The van der Waals surface area contributed by atoms with E-state index in [1.54, 1.807) is 17.0 Å². The highest BCUT2D eigenvalue weighted by Gasteiger charge is 2.28. The van der Waals surface area contributed by atoms with E-state index >= 15 is 0 Å². The Balaban J connectivity index is 0.00000176. The number of β-amino-alcohol motifs (C(OH)–C–C–N with tert-alkyl or cyclic N) is 1. The molecule has 2 saturated heterocycles. The maximum Gasteiger partial charge on any atom is 0.241 e. The maximum atomic E-state index is 12.0. The van der Waals surface area contributed by atoms with Gasteiger partial charge in [0.05, 0.1) is 12.1 Å². The van der Waals surface area contributed by atoms with E-state index in [4.69, 9.17) is 0 Å². The lowest BCUT2D eigenvalue weighted by atomic mass is 10.2. The van der Waals surface area contributed by atoms with Crippen LogP contribution in [0.3, 0.4) is 0 Å². The minimum atomic E-state index is -0.454. The van der Waals surface area contributed by atoms with Crippen LogP contribution in [0.25, 0.3) is 0 Å². The van der Waals surface area contributed by atoms with Crippen LogP contribution in [0.4, 0.5) is 11.4 Å². The Kier molecular flexibility index (Phi) is 5.39. The number of hydrogen-bond acceptors (Lipinski definition) is 4. The highest BCUT2D eigenvalue weighted by Crippen LogP contribution is 2.23. The summed E-state index contributed by atoms with van der Waals surface area (Å²) in [5.41, 5.74) is 1.56. The third-order valence-electron chi connectivity index (χ3n) is 3.94. The van der Waals surface area contributed by atoms with Crippen LogP contribution in [-0.2, 0) is 9.59 Å². The number of anilines is 2. The highest BCUT2D eigenvalue weighted by atomic mass is 35.5. The molecule has 6 nitrogen and oxygen atoms in total. The van der Waals surface area contributed by atoms with Gasteiger partial charge in [0, 0.05) is 30.9 Å². The summed E-state index contributed by atoms with van der Waals surface area (Å²) >= 11 is 0. The topological polar surface area (TPSA) is 81.7 Å².